The highest BCUT2D eigenvalue weighted by atomic mass is 35.5. The molecule has 3 aromatic heterocycles. The number of nitrogens with zero attached hydrogens (tertiary/aromatic N) is 4. The number of carbonyl (C=O) groups is 4. The summed E-state index contributed by atoms with van der Waals surface area (Å²) in [6.07, 6.45) is 0.375. The van der Waals surface area contributed by atoms with Gasteiger partial charge in [-0.2, -0.15) is 4.57 Å². The van der Waals surface area contributed by atoms with Gasteiger partial charge in [-0.05, 0) is 13.0 Å². The predicted octanol–water partition coefficient (Wildman–Crippen LogP) is 0.362. The molecule has 0 aliphatic carbocycles. The molecule has 214 valence electrons. The number of aliphatic carboxylic acids is 2. The van der Waals surface area contributed by atoms with Gasteiger partial charge in [-0.15, -0.1) is 11.8 Å². The van der Waals surface area contributed by atoms with Crippen molar-refractivity contribution in [3.8, 4) is 0 Å². The van der Waals surface area contributed by atoms with Gasteiger partial charge in [0.15, 0.2) is 23.6 Å². The number of H-pyrrole nitrogens is 1. The summed E-state index contributed by atoms with van der Waals surface area (Å²) in [5.74, 6) is -3.49. The maximum atomic E-state index is 13.2. The molecule has 2 aliphatic heterocycles. The summed E-state index contributed by atoms with van der Waals surface area (Å²) in [5.41, 5.74) is 12.8. The first-order chi connectivity index (χ1) is 19.5. The number of oxime groups is 1. The van der Waals surface area contributed by atoms with Gasteiger partial charge >= 0.3 is 11.9 Å². The van der Waals surface area contributed by atoms with Gasteiger partial charge in [0.1, 0.15) is 38.5 Å². The number of nitrogen functional groups attached to an aromatic ring is 2. The zero-order valence-electron chi connectivity index (χ0n) is 21.0. The van der Waals surface area contributed by atoms with E-state index >= 15 is 0 Å². The minimum Gasteiger partial charge on any atom is -0.478 e. The van der Waals surface area contributed by atoms with Crippen LogP contribution in [0, 0.1) is 0 Å². The molecular weight excluding hydrogens is 600 g/mol. The van der Waals surface area contributed by atoms with Crippen molar-refractivity contribution in [1.82, 2.24) is 20.2 Å². The van der Waals surface area contributed by atoms with Gasteiger partial charge in [0.2, 0.25) is 11.6 Å². The van der Waals surface area contributed by atoms with E-state index in [1.54, 1.807) is 18.3 Å². The number of hydrogen-bond donors (Lipinski definition) is 6. The number of thioether (sulfide) groups is 1. The van der Waals surface area contributed by atoms with Crippen LogP contribution in [0.1, 0.15) is 12.6 Å². The Bertz CT molecular complexity index is 1670. The Balaban J connectivity index is 1.39. The van der Waals surface area contributed by atoms with Crippen LogP contribution < -0.4 is 21.4 Å². The predicted molar refractivity (Wildman–Crippen MR) is 149 cm³/mol. The normalized spacial score (nSPS) is 19.5. The van der Waals surface area contributed by atoms with Crippen LogP contribution in [-0.4, -0.2) is 77.8 Å². The van der Waals surface area contributed by atoms with Crippen LogP contribution in [0.15, 0.2) is 40.8 Å². The largest absolute Gasteiger partial charge is 0.478 e. The van der Waals surface area contributed by atoms with Gasteiger partial charge in [0.25, 0.3) is 11.8 Å². The lowest BCUT2D eigenvalue weighted by Crippen LogP contribution is -2.71. The first-order valence-corrected chi connectivity index (χ1v) is 14.1. The molecule has 1 saturated heterocycles. The summed E-state index contributed by atoms with van der Waals surface area (Å²) in [7, 11) is 0. The summed E-state index contributed by atoms with van der Waals surface area (Å²) in [4.78, 5) is 62.9. The van der Waals surface area contributed by atoms with E-state index in [-0.39, 0.29) is 33.2 Å². The SMILES string of the molecule is C[C@H](O/N=C(\C(=O)N[C@@H]1C(=O)N2C(C(=O)O)=C(C[n+]3cccc4[nH]c(N)cc43)CSC12)c1nc(N)sc1Cl)C(=O)O. The van der Waals surface area contributed by atoms with Gasteiger partial charge < -0.3 is 36.8 Å². The average molecular weight is 622 g/mol. The number of pyridine rings is 1. The molecule has 0 spiro atoms. The minimum atomic E-state index is -1.41. The lowest BCUT2D eigenvalue weighted by molar-refractivity contribution is -0.663. The highest BCUT2D eigenvalue weighted by Gasteiger charge is 2.55. The molecule has 18 heteroatoms. The second-order valence-corrected chi connectivity index (χ2v) is 11.7. The number of β-lactam (4-membered cyclic amide) rings is 1. The number of carboxylic acid groups (broad SMARTS) is 2. The Morgan fingerprint density at radius 1 is 1.39 bits per heavy atom. The lowest BCUT2D eigenvalue weighted by Gasteiger charge is -2.49. The van der Waals surface area contributed by atoms with Crippen LogP contribution in [0.25, 0.3) is 11.0 Å². The molecule has 3 aromatic rings. The Hall–Kier alpha value is -4.35. The molecule has 5 heterocycles. The second kappa shape index (κ2) is 10.9. The topological polar surface area (TPSA) is 230 Å². The van der Waals surface area contributed by atoms with Crippen molar-refractivity contribution >= 4 is 86.1 Å². The van der Waals surface area contributed by atoms with Gasteiger partial charge in [-0.1, -0.05) is 28.1 Å². The van der Waals surface area contributed by atoms with Crippen LogP contribution in [0.3, 0.4) is 0 Å². The summed E-state index contributed by atoms with van der Waals surface area (Å²) in [6, 6.07) is 4.25. The Morgan fingerprint density at radius 2 is 2.15 bits per heavy atom. The Morgan fingerprint density at radius 3 is 2.80 bits per heavy atom. The molecule has 3 atom stereocenters. The van der Waals surface area contributed by atoms with Crippen LogP contribution in [0.2, 0.25) is 4.34 Å². The number of amides is 2. The van der Waals surface area contributed by atoms with Crippen LogP contribution >= 0.6 is 34.7 Å². The monoisotopic (exact) mass is 621 g/mol. The Labute approximate surface area is 243 Å². The first kappa shape index (κ1) is 28.2. The Kier molecular flexibility index (Phi) is 7.50. The molecule has 1 unspecified atom stereocenters. The van der Waals surface area contributed by atoms with Crippen molar-refractivity contribution in [2.75, 3.05) is 17.2 Å². The van der Waals surface area contributed by atoms with E-state index in [0.29, 0.717) is 11.4 Å². The van der Waals surface area contributed by atoms with E-state index in [1.165, 1.54) is 18.7 Å². The number of nitrogens with one attached hydrogen (secondary N) is 2. The molecule has 0 saturated carbocycles. The standard InChI is InChI=1S/C23H21ClN8O7S2/c1-8(21(35)36)39-30-14(13-17(24)41-23(26)29-13)18(33)28-15-19(34)32-16(22(37)38)9(7-40-20(15)32)6-31-4-2-3-10-11(31)5-12(25)27-10/h2-5,8,15,20H,6-7H2,1H3,(H7,25,26,27,28,29,33,35,36,37,38)/p+1/b30-14-/t8-,15+,20?/m0/s1. The fourth-order valence-corrected chi connectivity index (χ4v) is 6.62. The van der Waals surface area contributed by atoms with E-state index < -0.39 is 47.0 Å². The van der Waals surface area contributed by atoms with E-state index in [0.717, 1.165) is 27.3 Å². The zero-order valence-corrected chi connectivity index (χ0v) is 23.4. The third kappa shape index (κ3) is 5.25. The number of thiazole rings is 1. The third-order valence-corrected chi connectivity index (χ3v) is 8.70. The highest BCUT2D eigenvalue weighted by molar-refractivity contribution is 8.00. The maximum Gasteiger partial charge on any atom is 0.352 e. The fourth-order valence-electron chi connectivity index (χ4n) is 4.36. The van der Waals surface area contributed by atoms with Crippen molar-refractivity contribution in [2.45, 2.75) is 31.0 Å². The molecule has 0 aromatic carbocycles. The lowest BCUT2D eigenvalue weighted by atomic mass is 10.0. The van der Waals surface area contributed by atoms with Crippen LogP contribution in [-0.2, 0) is 30.6 Å². The maximum absolute atomic E-state index is 13.2. The number of carboxylic acids is 2. The number of halogens is 1. The van der Waals surface area contributed by atoms with E-state index in [9.17, 15) is 24.3 Å². The van der Waals surface area contributed by atoms with E-state index in [4.69, 9.17) is 33.0 Å². The minimum absolute atomic E-state index is 0.00554. The molecule has 1 fully saturated rings. The number of aromatic amines is 1. The molecule has 2 aliphatic rings. The molecule has 15 nitrogen and oxygen atoms in total. The van der Waals surface area contributed by atoms with Crippen molar-refractivity contribution in [1.29, 1.82) is 0 Å². The summed E-state index contributed by atoms with van der Waals surface area (Å²) < 4.78 is 1.82. The zero-order chi connectivity index (χ0) is 29.6. The van der Waals surface area contributed by atoms with Crippen molar-refractivity contribution < 1.29 is 38.8 Å². The van der Waals surface area contributed by atoms with Gasteiger partial charge in [-0.3, -0.25) is 14.5 Å². The molecule has 5 rings (SSSR count). The fraction of sp³-hybridized carbons (Fsp3) is 0.261. The number of hydrogen-bond acceptors (Lipinski definition) is 11. The van der Waals surface area contributed by atoms with Crippen molar-refractivity contribution in [3.63, 3.8) is 0 Å². The smallest absolute Gasteiger partial charge is 0.352 e. The molecule has 0 bridgehead atoms. The van der Waals surface area contributed by atoms with Gasteiger partial charge in [-0.25, -0.2) is 14.6 Å². The molecule has 0 radical (unpaired) electrons. The number of nitrogens with two attached hydrogens (primary N) is 2. The molecule has 8 N–H and O–H groups in total. The number of aromatic nitrogens is 3. The van der Waals surface area contributed by atoms with Crippen molar-refractivity contribution in [2.24, 2.45) is 5.16 Å². The molecular formula is C23H22ClN8O7S2+. The van der Waals surface area contributed by atoms with Gasteiger partial charge in [0, 0.05) is 17.4 Å². The number of anilines is 2. The quantitative estimate of drug-likeness (QED) is 0.0826. The average Bonchev–Trinajstić information content (AvgIpc) is 3.47. The van der Waals surface area contributed by atoms with Crippen LogP contribution in [0.4, 0.5) is 10.9 Å². The number of rotatable bonds is 9. The van der Waals surface area contributed by atoms with Crippen molar-refractivity contribution in [3.05, 3.63) is 45.7 Å². The number of carbonyl (C=O) groups excluding carboxylic acids is 2. The van der Waals surface area contributed by atoms with E-state index in [2.05, 4.69) is 20.4 Å². The molecule has 2 amide bonds. The highest BCUT2D eigenvalue weighted by Crippen LogP contribution is 2.40. The van der Waals surface area contributed by atoms with Gasteiger partial charge in [0.05, 0.1) is 6.07 Å². The molecule has 41 heavy (non-hydrogen) atoms. The first-order valence-electron chi connectivity index (χ1n) is 11.8. The summed E-state index contributed by atoms with van der Waals surface area (Å²) in [6.45, 7) is 1.39. The summed E-state index contributed by atoms with van der Waals surface area (Å²) in [5, 5.41) is 24.6. The second-order valence-electron chi connectivity index (χ2n) is 8.98. The van der Waals surface area contributed by atoms with E-state index in [1.807, 2.05) is 10.6 Å². The van der Waals surface area contributed by atoms with Crippen LogP contribution in [0.5, 0.6) is 0 Å². The summed E-state index contributed by atoms with van der Waals surface area (Å²) >= 11 is 8.28. The third-order valence-electron chi connectivity index (χ3n) is 6.27. The number of fused-ring (bicyclic) bond motifs is 2.